The zero-order valence-corrected chi connectivity index (χ0v) is 13.4. The van der Waals surface area contributed by atoms with Gasteiger partial charge in [-0.15, -0.1) is 0 Å². The molecule has 0 aliphatic heterocycles. The lowest BCUT2D eigenvalue weighted by Gasteiger charge is -2.03. The number of nitrogens with one attached hydrogen (secondary N) is 2. The number of carbonyl (C=O) groups excluding carboxylic acids is 2. The van der Waals surface area contributed by atoms with E-state index in [0.29, 0.717) is 11.1 Å². The fraction of sp³-hybridized carbons (Fsp3) is 0.111. The van der Waals surface area contributed by atoms with Crippen LogP contribution in [0.5, 0.6) is 0 Å². The number of hydrogen-bond acceptors (Lipinski definition) is 4. The molecule has 0 saturated carbocycles. The summed E-state index contributed by atoms with van der Waals surface area (Å²) in [6.07, 6.45) is 0. The predicted molar refractivity (Wildman–Crippen MR) is 92.1 cm³/mol. The van der Waals surface area contributed by atoms with E-state index in [2.05, 4.69) is 22.5 Å². The van der Waals surface area contributed by atoms with Crippen molar-refractivity contribution in [2.45, 2.75) is 0 Å². The molecule has 0 aromatic heterocycles. The third-order valence-corrected chi connectivity index (χ3v) is 3.30. The molecule has 0 fully saturated rings. The third kappa shape index (κ3) is 4.42. The SMILES string of the molecule is CNC(=O)c1ccccc1C#CCNC(=O)c1ccccc1[N+](=O)[O-]. The van der Waals surface area contributed by atoms with Gasteiger partial charge in [-0.3, -0.25) is 19.7 Å². The first-order chi connectivity index (χ1) is 12.0. The average molecular weight is 337 g/mol. The summed E-state index contributed by atoms with van der Waals surface area (Å²) in [6, 6.07) is 12.5. The van der Waals surface area contributed by atoms with Crippen molar-refractivity contribution in [1.82, 2.24) is 10.6 Å². The predicted octanol–water partition coefficient (Wildman–Crippen LogP) is 1.74. The monoisotopic (exact) mass is 337 g/mol. The van der Waals surface area contributed by atoms with Crippen LogP contribution in [-0.4, -0.2) is 30.3 Å². The van der Waals surface area contributed by atoms with Gasteiger partial charge in [-0.25, -0.2) is 0 Å². The topological polar surface area (TPSA) is 101 Å². The van der Waals surface area contributed by atoms with E-state index in [1.807, 2.05) is 0 Å². The van der Waals surface area contributed by atoms with Crippen LogP contribution in [0.3, 0.4) is 0 Å². The maximum absolute atomic E-state index is 12.1. The molecule has 7 heteroatoms. The molecular formula is C18H15N3O4. The van der Waals surface area contributed by atoms with E-state index in [4.69, 9.17) is 0 Å². The minimum absolute atomic E-state index is 0.00698. The van der Waals surface area contributed by atoms with Crippen LogP contribution in [0.25, 0.3) is 0 Å². The second-order valence-corrected chi connectivity index (χ2v) is 4.88. The molecule has 0 atom stereocenters. The summed E-state index contributed by atoms with van der Waals surface area (Å²) in [5.74, 6) is 4.71. The highest BCUT2D eigenvalue weighted by molar-refractivity contribution is 5.98. The summed E-state index contributed by atoms with van der Waals surface area (Å²) in [4.78, 5) is 34.1. The van der Waals surface area contributed by atoms with Crippen molar-refractivity contribution in [3.05, 3.63) is 75.3 Å². The van der Waals surface area contributed by atoms with Crippen molar-refractivity contribution in [3.63, 3.8) is 0 Å². The van der Waals surface area contributed by atoms with Crippen molar-refractivity contribution >= 4 is 17.5 Å². The standard InChI is InChI=1S/C18H15N3O4/c1-19-17(22)14-9-3-2-7-13(14)8-6-12-20-18(23)15-10-4-5-11-16(15)21(24)25/h2-5,7,9-11H,12H2,1H3,(H,19,22)(H,20,23). The summed E-state index contributed by atoms with van der Waals surface area (Å²) in [5.41, 5.74) is 0.669. The van der Waals surface area contributed by atoms with Gasteiger partial charge in [0.25, 0.3) is 17.5 Å². The van der Waals surface area contributed by atoms with Crippen LogP contribution in [0.15, 0.2) is 48.5 Å². The Hall–Kier alpha value is -3.66. The van der Waals surface area contributed by atoms with E-state index in [0.717, 1.165) is 0 Å². The van der Waals surface area contributed by atoms with Crippen LogP contribution >= 0.6 is 0 Å². The molecule has 2 N–H and O–H groups in total. The zero-order chi connectivity index (χ0) is 18.2. The van der Waals surface area contributed by atoms with E-state index in [-0.39, 0.29) is 23.7 Å². The Morgan fingerprint density at radius 1 is 1.04 bits per heavy atom. The van der Waals surface area contributed by atoms with Gasteiger partial charge in [0.2, 0.25) is 0 Å². The van der Waals surface area contributed by atoms with Gasteiger partial charge in [-0.1, -0.05) is 36.1 Å². The highest BCUT2D eigenvalue weighted by Gasteiger charge is 2.18. The Morgan fingerprint density at radius 2 is 1.68 bits per heavy atom. The van der Waals surface area contributed by atoms with Crippen molar-refractivity contribution < 1.29 is 14.5 Å². The molecule has 0 radical (unpaired) electrons. The number of carbonyl (C=O) groups is 2. The van der Waals surface area contributed by atoms with E-state index in [9.17, 15) is 19.7 Å². The van der Waals surface area contributed by atoms with Crippen LogP contribution in [-0.2, 0) is 0 Å². The van der Waals surface area contributed by atoms with E-state index >= 15 is 0 Å². The number of nitro groups is 1. The fourth-order valence-electron chi connectivity index (χ4n) is 2.11. The number of nitro benzene ring substituents is 1. The lowest BCUT2D eigenvalue weighted by Crippen LogP contribution is -2.24. The summed E-state index contributed by atoms with van der Waals surface area (Å²) < 4.78 is 0. The second kappa shape index (κ2) is 8.26. The smallest absolute Gasteiger partial charge is 0.282 e. The average Bonchev–Trinajstić information content (AvgIpc) is 2.64. The van der Waals surface area contributed by atoms with Gasteiger partial charge in [0, 0.05) is 18.7 Å². The maximum Gasteiger partial charge on any atom is 0.282 e. The molecule has 0 bridgehead atoms. The number of amides is 2. The molecule has 126 valence electrons. The quantitative estimate of drug-likeness (QED) is 0.504. The maximum atomic E-state index is 12.1. The van der Waals surface area contributed by atoms with Crippen LogP contribution in [0, 0.1) is 22.0 Å². The Balaban J connectivity index is 2.08. The number of para-hydroxylation sites is 1. The molecule has 0 saturated heterocycles. The first-order valence-electron chi connectivity index (χ1n) is 7.36. The summed E-state index contributed by atoms with van der Waals surface area (Å²) >= 11 is 0. The van der Waals surface area contributed by atoms with Gasteiger partial charge in [0.1, 0.15) is 5.56 Å². The van der Waals surface area contributed by atoms with Gasteiger partial charge in [-0.2, -0.15) is 0 Å². The van der Waals surface area contributed by atoms with Gasteiger partial charge < -0.3 is 10.6 Å². The number of nitrogens with zero attached hydrogens (tertiary/aromatic N) is 1. The van der Waals surface area contributed by atoms with Crippen molar-refractivity contribution in [2.75, 3.05) is 13.6 Å². The first kappa shape index (κ1) is 17.7. The molecule has 7 nitrogen and oxygen atoms in total. The van der Waals surface area contributed by atoms with Crippen LogP contribution < -0.4 is 10.6 Å². The molecule has 2 aromatic rings. The van der Waals surface area contributed by atoms with Crippen molar-refractivity contribution in [1.29, 1.82) is 0 Å². The Labute approximate surface area is 144 Å². The number of benzene rings is 2. The Morgan fingerprint density at radius 3 is 2.36 bits per heavy atom. The molecule has 0 unspecified atom stereocenters. The van der Waals surface area contributed by atoms with Crippen molar-refractivity contribution in [3.8, 4) is 11.8 Å². The minimum Gasteiger partial charge on any atom is -0.355 e. The summed E-state index contributed by atoms with van der Waals surface area (Å²) in [6.45, 7) is -0.00698. The Bertz CT molecular complexity index is 881. The van der Waals surface area contributed by atoms with E-state index in [1.165, 1.54) is 25.2 Å². The molecule has 0 heterocycles. The molecule has 25 heavy (non-hydrogen) atoms. The fourth-order valence-corrected chi connectivity index (χ4v) is 2.11. The van der Waals surface area contributed by atoms with E-state index in [1.54, 1.807) is 30.3 Å². The highest BCUT2D eigenvalue weighted by atomic mass is 16.6. The molecular weight excluding hydrogens is 322 g/mol. The molecule has 0 aliphatic carbocycles. The van der Waals surface area contributed by atoms with Crippen LogP contribution in [0.1, 0.15) is 26.3 Å². The minimum atomic E-state index is -0.611. The highest BCUT2D eigenvalue weighted by Crippen LogP contribution is 2.17. The lowest BCUT2D eigenvalue weighted by atomic mass is 10.1. The van der Waals surface area contributed by atoms with Crippen LogP contribution in [0.2, 0.25) is 0 Å². The number of rotatable bonds is 4. The molecule has 2 rings (SSSR count). The largest absolute Gasteiger partial charge is 0.355 e. The molecule has 0 spiro atoms. The van der Waals surface area contributed by atoms with E-state index < -0.39 is 10.8 Å². The lowest BCUT2D eigenvalue weighted by molar-refractivity contribution is -0.385. The molecule has 2 amide bonds. The molecule has 0 aliphatic rings. The van der Waals surface area contributed by atoms with Gasteiger partial charge >= 0.3 is 0 Å². The summed E-state index contributed by atoms with van der Waals surface area (Å²) in [5, 5.41) is 16.0. The second-order valence-electron chi connectivity index (χ2n) is 4.88. The van der Waals surface area contributed by atoms with Crippen LogP contribution in [0.4, 0.5) is 5.69 Å². The van der Waals surface area contributed by atoms with Gasteiger partial charge in [-0.05, 0) is 18.2 Å². The Kier molecular flexibility index (Phi) is 5.85. The van der Waals surface area contributed by atoms with Crippen molar-refractivity contribution in [2.24, 2.45) is 0 Å². The molecule has 2 aromatic carbocycles. The normalized spacial score (nSPS) is 9.48. The first-order valence-corrected chi connectivity index (χ1v) is 7.36. The van der Waals surface area contributed by atoms with Gasteiger partial charge in [0.05, 0.1) is 17.0 Å². The summed E-state index contributed by atoms with van der Waals surface area (Å²) in [7, 11) is 1.53. The van der Waals surface area contributed by atoms with Gasteiger partial charge in [0.15, 0.2) is 0 Å². The number of hydrogen-bond donors (Lipinski definition) is 2. The zero-order valence-electron chi connectivity index (χ0n) is 13.4. The third-order valence-electron chi connectivity index (χ3n) is 3.30.